The van der Waals surface area contributed by atoms with Crippen LogP contribution in [-0.2, 0) is 20.7 Å². The van der Waals surface area contributed by atoms with Crippen molar-refractivity contribution >= 4 is 17.6 Å². The Balaban J connectivity index is 0.00000264. The van der Waals surface area contributed by atoms with Crippen LogP contribution in [0.5, 0.6) is 0 Å². The summed E-state index contributed by atoms with van der Waals surface area (Å²) < 4.78 is 4.93. The van der Waals surface area contributed by atoms with Crippen LogP contribution in [0.4, 0.5) is 5.69 Å². The molecule has 1 aliphatic rings. The van der Waals surface area contributed by atoms with Gasteiger partial charge in [-0.05, 0) is 24.6 Å². The van der Waals surface area contributed by atoms with Crippen LogP contribution in [0.25, 0.3) is 0 Å². The van der Waals surface area contributed by atoms with E-state index in [0.29, 0.717) is 19.7 Å². The molecule has 0 amide bonds. The summed E-state index contributed by atoms with van der Waals surface area (Å²) in [6, 6.07) is 7.84. The molecular weight excluding hydrogens is 323 g/mol. The number of nitrogens with zero attached hydrogens (tertiary/aromatic N) is 2. The van der Waals surface area contributed by atoms with Crippen molar-refractivity contribution in [1.82, 2.24) is 4.90 Å². The van der Waals surface area contributed by atoms with Crippen molar-refractivity contribution in [3.05, 3.63) is 29.8 Å². The van der Waals surface area contributed by atoms with Gasteiger partial charge in [-0.25, -0.2) is 0 Å². The van der Waals surface area contributed by atoms with Gasteiger partial charge in [0.15, 0.2) is 0 Å². The molecule has 0 atom stereocenters. The zero-order valence-corrected chi connectivity index (χ0v) is 16.9. The SMILES string of the molecule is CCOC(=O)Cc1ccc(N2CCN(CC(=O)[O-])CC2)cc1.[K+]. The van der Waals surface area contributed by atoms with Crippen molar-refractivity contribution < 1.29 is 70.8 Å². The smallest absolute Gasteiger partial charge is 0.549 e. The number of carbonyl (C=O) groups is 2. The zero-order valence-electron chi connectivity index (χ0n) is 13.8. The third-order valence-electron chi connectivity index (χ3n) is 3.68. The number of esters is 1. The molecule has 0 radical (unpaired) electrons. The van der Waals surface area contributed by atoms with Gasteiger partial charge >= 0.3 is 57.4 Å². The van der Waals surface area contributed by atoms with E-state index in [9.17, 15) is 14.7 Å². The number of ether oxygens (including phenoxy) is 1. The normalized spacial score (nSPS) is 14.9. The monoisotopic (exact) mass is 344 g/mol. The van der Waals surface area contributed by atoms with Crippen LogP contribution in [0.15, 0.2) is 24.3 Å². The van der Waals surface area contributed by atoms with Crippen LogP contribution in [0, 0.1) is 0 Å². The maximum atomic E-state index is 11.4. The number of carboxylic acids is 1. The Morgan fingerprint density at radius 1 is 1.13 bits per heavy atom. The first-order valence-corrected chi connectivity index (χ1v) is 7.50. The third kappa shape index (κ3) is 6.90. The van der Waals surface area contributed by atoms with Gasteiger partial charge in [-0.3, -0.25) is 9.69 Å². The number of hydrogen-bond donors (Lipinski definition) is 0. The van der Waals surface area contributed by atoms with Gasteiger partial charge in [0.05, 0.1) is 19.0 Å². The molecule has 0 unspecified atom stereocenters. The second-order valence-corrected chi connectivity index (χ2v) is 5.28. The Kier molecular flexibility index (Phi) is 9.34. The first-order chi connectivity index (χ1) is 10.6. The largest absolute Gasteiger partial charge is 1.00 e. The van der Waals surface area contributed by atoms with E-state index in [1.165, 1.54) is 0 Å². The number of carboxylic acid groups (broad SMARTS) is 1. The Morgan fingerprint density at radius 2 is 1.74 bits per heavy atom. The van der Waals surface area contributed by atoms with E-state index in [2.05, 4.69) is 4.90 Å². The molecule has 0 saturated carbocycles. The minimum absolute atomic E-state index is 0. The predicted octanol–water partition coefficient (Wildman–Crippen LogP) is -3.33. The van der Waals surface area contributed by atoms with Crippen LogP contribution in [0.3, 0.4) is 0 Å². The minimum atomic E-state index is -1.03. The molecule has 1 heterocycles. The topological polar surface area (TPSA) is 72.9 Å². The van der Waals surface area contributed by atoms with Crippen molar-refractivity contribution in [2.45, 2.75) is 13.3 Å². The Morgan fingerprint density at radius 3 is 2.26 bits per heavy atom. The van der Waals surface area contributed by atoms with E-state index in [-0.39, 0.29) is 70.3 Å². The summed E-state index contributed by atoms with van der Waals surface area (Å²) in [7, 11) is 0. The van der Waals surface area contributed by atoms with Gasteiger partial charge < -0.3 is 19.5 Å². The summed E-state index contributed by atoms with van der Waals surface area (Å²) in [5.41, 5.74) is 2.01. The molecule has 1 saturated heterocycles. The minimum Gasteiger partial charge on any atom is -0.549 e. The van der Waals surface area contributed by atoms with E-state index >= 15 is 0 Å². The van der Waals surface area contributed by atoms with Gasteiger partial charge in [-0.1, -0.05) is 12.1 Å². The van der Waals surface area contributed by atoms with Crippen molar-refractivity contribution in [2.75, 3.05) is 44.2 Å². The molecule has 23 heavy (non-hydrogen) atoms. The molecule has 0 spiro atoms. The summed E-state index contributed by atoms with van der Waals surface area (Å²) in [6.45, 7) is 5.16. The molecule has 6 nitrogen and oxygen atoms in total. The van der Waals surface area contributed by atoms with Crippen LogP contribution in [0.1, 0.15) is 12.5 Å². The van der Waals surface area contributed by atoms with E-state index in [1.807, 2.05) is 29.2 Å². The molecule has 7 heteroatoms. The molecule has 0 N–H and O–H groups in total. The maximum absolute atomic E-state index is 11.4. The number of benzene rings is 1. The summed E-state index contributed by atoms with van der Waals surface area (Å²) in [5, 5.41) is 10.6. The molecule has 0 bridgehead atoms. The first kappa shape index (κ1) is 20.6. The fourth-order valence-electron chi connectivity index (χ4n) is 2.55. The number of piperazine rings is 1. The van der Waals surface area contributed by atoms with Gasteiger partial charge in [0.1, 0.15) is 0 Å². The van der Waals surface area contributed by atoms with Crippen LogP contribution < -0.4 is 61.4 Å². The van der Waals surface area contributed by atoms with Crippen molar-refractivity contribution in [3.63, 3.8) is 0 Å². The van der Waals surface area contributed by atoms with Gasteiger partial charge in [-0.15, -0.1) is 0 Å². The first-order valence-electron chi connectivity index (χ1n) is 7.50. The fourth-order valence-corrected chi connectivity index (χ4v) is 2.55. The summed E-state index contributed by atoms with van der Waals surface area (Å²) in [6.07, 6.45) is 0.285. The van der Waals surface area contributed by atoms with Crippen molar-refractivity contribution in [1.29, 1.82) is 0 Å². The average Bonchev–Trinajstić information content (AvgIpc) is 2.48. The number of rotatable bonds is 6. The molecule has 1 aromatic rings. The van der Waals surface area contributed by atoms with E-state index < -0.39 is 5.97 Å². The van der Waals surface area contributed by atoms with Gasteiger partial charge in [0.2, 0.25) is 0 Å². The quantitative estimate of drug-likeness (QED) is 0.397. The van der Waals surface area contributed by atoms with E-state index in [0.717, 1.165) is 24.3 Å². The summed E-state index contributed by atoms with van der Waals surface area (Å²) >= 11 is 0. The fraction of sp³-hybridized carbons (Fsp3) is 0.500. The van der Waals surface area contributed by atoms with Crippen molar-refractivity contribution in [2.24, 2.45) is 0 Å². The van der Waals surface area contributed by atoms with E-state index in [1.54, 1.807) is 6.92 Å². The molecule has 120 valence electrons. The Bertz CT molecular complexity index is 513. The Labute approximate surface area is 179 Å². The van der Waals surface area contributed by atoms with Gasteiger partial charge in [0.25, 0.3) is 0 Å². The van der Waals surface area contributed by atoms with Crippen LogP contribution in [-0.4, -0.2) is 56.2 Å². The van der Waals surface area contributed by atoms with E-state index in [4.69, 9.17) is 4.74 Å². The molecular formula is C16H21KN2O4. The zero-order chi connectivity index (χ0) is 15.9. The molecule has 1 aliphatic heterocycles. The number of anilines is 1. The molecule has 1 fully saturated rings. The second-order valence-electron chi connectivity index (χ2n) is 5.28. The number of carbonyl (C=O) groups excluding carboxylic acids is 2. The number of aliphatic carboxylic acids is 1. The molecule has 0 aliphatic carbocycles. The Hall–Kier alpha value is -0.444. The summed E-state index contributed by atoms with van der Waals surface area (Å²) in [4.78, 5) is 26.1. The maximum Gasteiger partial charge on any atom is 1.00 e. The molecule has 0 aromatic heterocycles. The molecule has 2 rings (SSSR count). The number of hydrogen-bond acceptors (Lipinski definition) is 6. The van der Waals surface area contributed by atoms with Crippen molar-refractivity contribution in [3.8, 4) is 0 Å². The predicted molar refractivity (Wildman–Crippen MR) is 80.4 cm³/mol. The van der Waals surface area contributed by atoms with Crippen LogP contribution >= 0.6 is 0 Å². The second kappa shape index (κ2) is 10.4. The average molecular weight is 344 g/mol. The third-order valence-corrected chi connectivity index (χ3v) is 3.68. The molecule has 1 aromatic carbocycles. The standard InChI is InChI=1S/C16H22N2O4.K/c1-2-22-16(21)11-13-3-5-14(6-4-13)18-9-7-17(8-10-18)12-15(19)20;/h3-6H,2,7-12H2,1H3,(H,19,20);/q;+1/p-1. The van der Waals surface area contributed by atoms with Gasteiger partial charge in [-0.2, -0.15) is 0 Å². The summed E-state index contributed by atoms with van der Waals surface area (Å²) in [5.74, 6) is -1.25. The van der Waals surface area contributed by atoms with Crippen LogP contribution in [0.2, 0.25) is 0 Å². The van der Waals surface area contributed by atoms with Gasteiger partial charge in [0, 0.05) is 38.4 Å².